The molecule has 0 heterocycles. The fraction of sp³-hybridized carbons (Fsp3) is 0.300. The van der Waals surface area contributed by atoms with Gasteiger partial charge in [-0.1, -0.05) is 46.8 Å². The molecule has 0 rings (SSSR count). The van der Waals surface area contributed by atoms with Crippen LogP contribution in [-0.4, -0.2) is 11.1 Å². The Kier molecular flexibility index (Phi) is 6.67. The van der Waals surface area contributed by atoms with E-state index in [1.807, 2.05) is 18.2 Å². The van der Waals surface area contributed by atoms with E-state index in [2.05, 4.69) is 22.5 Å². The molecular weight excluding hydrogens is 216 g/mol. The lowest BCUT2D eigenvalue weighted by Gasteiger charge is -1.89. The van der Waals surface area contributed by atoms with Crippen molar-refractivity contribution in [1.29, 1.82) is 0 Å². The standard InChI is InChI=1S/C10H13BrO/c1-3-10(8-11)7-5-4-6-9(2)12/h3-5,7H,1,6,8H2,2H3/b5-4-,10-7+. The first-order chi connectivity index (χ1) is 5.70. The molecule has 0 aromatic heterocycles. The van der Waals surface area contributed by atoms with E-state index in [4.69, 9.17) is 0 Å². The number of hydrogen-bond acceptors (Lipinski definition) is 1. The number of ketones is 1. The van der Waals surface area contributed by atoms with Crippen molar-refractivity contribution in [3.63, 3.8) is 0 Å². The molecule has 0 fully saturated rings. The van der Waals surface area contributed by atoms with Gasteiger partial charge in [-0.15, -0.1) is 0 Å². The minimum Gasteiger partial charge on any atom is -0.300 e. The van der Waals surface area contributed by atoms with Crippen molar-refractivity contribution in [2.45, 2.75) is 13.3 Å². The third-order valence-electron chi connectivity index (χ3n) is 1.27. The number of carbonyl (C=O) groups excluding carboxylic acids is 1. The maximum atomic E-state index is 10.5. The highest BCUT2D eigenvalue weighted by molar-refractivity contribution is 9.09. The van der Waals surface area contributed by atoms with Crippen LogP contribution in [0.25, 0.3) is 0 Å². The number of allylic oxidation sites excluding steroid dienone is 5. The van der Waals surface area contributed by atoms with Crippen LogP contribution in [-0.2, 0) is 4.79 Å². The highest BCUT2D eigenvalue weighted by atomic mass is 79.9. The smallest absolute Gasteiger partial charge is 0.133 e. The van der Waals surface area contributed by atoms with E-state index in [9.17, 15) is 4.79 Å². The summed E-state index contributed by atoms with van der Waals surface area (Å²) >= 11 is 3.32. The zero-order chi connectivity index (χ0) is 9.40. The first kappa shape index (κ1) is 11.4. The SMILES string of the molecule is C=C/C(=C\C=C/CC(C)=O)CBr. The Bertz CT molecular complexity index is 214. The van der Waals surface area contributed by atoms with Gasteiger partial charge in [-0.2, -0.15) is 0 Å². The topological polar surface area (TPSA) is 17.1 Å². The van der Waals surface area contributed by atoms with E-state index in [0.29, 0.717) is 6.42 Å². The molecule has 0 radical (unpaired) electrons. The largest absolute Gasteiger partial charge is 0.300 e. The summed E-state index contributed by atoms with van der Waals surface area (Å²) in [6, 6.07) is 0. The van der Waals surface area contributed by atoms with Crippen LogP contribution in [0.3, 0.4) is 0 Å². The van der Waals surface area contributed by atoms with Gasteiger partial charge in [0.05, 0.1) is 0 Å². The van der Waals surface area contributed by atoms with Crippen LogP contribution >= 0.6 is 15.9 Å². The monoisotopic (exact) mass is 228 g/mol. The lowest BCUT2D eigenvalue weighted by atomic mass is 10.2. The number of carbonyl (C=O) groups is 1. The lowest BCUT2D eigenvalue weighted by Crippen LogP contribution is -1.83. The average Bonchev–Trinajstić information content (AvgIpc) is 2.04. The second kappa shape index (κ2) is 7.04. The van der Waals surface area contributed by atoms with E-state index < -0.39 is 0 Å². The summed E-state index contributed by atoms with van der Waals surface area (Å²) in [4.78, 5) is 10.5. The molecule has 0 aromatic rings. The van der Waals surface area contributed by atoms with Crippen LogP contribution in [0.1, 0.15) is 13.3 Å². The summed E-state index contributed by atoms with van der Waals surface area (Å²) in [7, 11) is 0. The van der Waals surface area contributed by atoms with Gasteiger partial charge in [0.1, 0.15) is 5.78 Å². The maximum Gasteiger partial charge on any atom is 0.133 e. The zero-order valence-corrected chi connectivity index (χ0v) is 8.80. The molecule has 0 aliphatic heterocycles. The van der Waals surface area contributed by atoms with E-state index in [1.54, 1.807) is 13.0 Å². The van der Waals surface area contributed by atoms with E-state index in [0.717, 1.165) is 10.9 Å². The van der Waals surface area contributed by atoms with Crippen LogP contribution in [0.15, 0.2) is 36.5 Å². The first-order valence-electron chi connectivity index (χ1n) is 3.74. The van der Waals surface area contributed by atoms with Gasteiger partial charge in [0, 0.05) is 11.8 Å². The highest BCUT2D eigenvalue weighted by Gasteiger charge is 1.85. The Balaban J connectivity index is 3.91. The van der Waals surface area contributed by atoms with Crippen LogP contribution in [0.2, 0.25) is 0 Å². The highest BCUT2D eigenvalue weighted by Crippen LogP contribution is 2.00. The Morgan fingerprint density at radius 3 is 2.67 bits per heavy atom. The molecule has 1 nitrogen and oxygen atoms in total. The Morgan fingerprint density at radius 2 is 2.25 bits per heavy atom. The number of hydrogen-bond donors (Lipinski definition) is 0. The number of halogens is 1. The van der Waals surface area contributed by atoms with E-state index >= 15 is 0 Å². The molecule has 0 amide bonds. The van der Waals surface area contributed by atoms with Crippen molar-refractivity contribution in [2.24, 2.45) is 0 Å². The van der Waals surface area contributed by atoms with Gasteiger partial charge in [0.2, 0.25) is 0 Å². The van der Waals surface area contributed by atoms with Gasteiger partial charge >= 0.3 is 0 Å². The van der Waals surface area contributed by atoms with Gasteiger partial charge in [-0.3, -0.25) is 4.79 Å². The van der Waals surface area contributed by atoms with Crippen molar-refractivity contribution in [2.75, 3.05) is 5.33 Å². The third-order valence-corrected chi connectivity index (χ3v) is 1.92. The molecule has 0 N–H and O–H groups in total. The van der Waals surface area contributed by atoms with Crippen LogP contribution < -0.4 is 0 Å². The summed E-state index contributed by atoms with van der Waals surface area (Å²) in [6.07, 6.45) is 7.94. The lowest BCUT2D eigenvalue weighted by molar-refractivity contribution is -0.116. The van der Waals surface area contributed by atoms with Gasteiger partial charge in [0.25, 0.3) is 0 Å². The summed E-state index contributed by atoms with van der Waals surface area (Å²) in [5.74, 6) is 0.179. The zero-order valence-electron chi connectivity index (χ0n) is 7.22. The van der Waals surface area contributed by atoms with Gasteiger partial charge in [-0.05, 0) is 12.5 Å². The molecule has 0 saturated carbocycles. The molecule has 12 heavy (non-hydrogen) atoms. The van der Waals surface area contributed by atoms with Crippen LogP contribution in [0.5, 0.6) is 0 Å². The fourth-order valence-corrected chi connectivity index (χ4v) is 1.01. The third kappa shape index (κ3) is 6.10. The molecule has 0 bridgehead atoms. The molecule has 0 atom stereocenters. The maximum absolute atomic E-state index is 10.5. The van der Waals surface area contributed by atoms with Crippen molar-refractivity contribution in [3.05, 3.63) is 36.5 Å². The van der Waals surface area contributed by atoms with E-state index in [-0.39, 0.29) is 5.78 Å². The van der Waals surface area contributed by atoms with Crippen molar-refractivity contribution in [3.8, 4) is 0 Å². The second-order valence-corrected chi connectivity index (χ2v) is 2.97. The Morgan fingerprint density at radius 1 is 1.58 bits per heavy atom. The summed E-state index contributed by atoms with van der Waals surface area (Å²) < 4.78 is 0. The number of alkyl halides is 1. The molecular formula is C10H13BrO. The van der Waals surface area contributed by atoms with Crippen LogP contribution in [0, 0.1) is 0 Å². The van der Waals surface area contributed by atoms with Crippen LogP contribution in [0.4, 0.5) is 0 Å². The summed E-state index contributed by atoms with van der Waals surface area (Å²) in [6.45, 7) is 5.22. The first-order valence-corrected chi connectivity index (χ1v) is 4.86. The van der Waals surface area contributed by atoms with Crippen molar-refractivity contribution < 1.29 is 4.79 Å². The average molecular weight is 229 g/mol. The Hall–Kier alpha value is -0.630. The van der Waals surface area contributed by atoms with Gasteiger partial charge in [-0.25, -0.2) is 0 Å². The predicted octanol–water partition coefficient (Wildman–Crippen LogP) is 3.03. The molecule has 0 spiro atoms. The van der Waals surface area contributed by atoms with E-state index in [1.165, 1.54) is 0 Å². The molecule has 0 aliphatic carbocycles. The fourth-order valence-electron chi connectivity index (χ4n) is 0.593. The quantitative estimate of drug-likeness (QED) is 0.523. The molecule has 0 saturated heterocycles. The Labute approximate surface area is 82.0 Å². The van der Waals surface area contributed by atoms with Gasteiger partial charge < -0.3 is 0 Å². The molecule has 0 aliphatic rings. The minimum atomic E-state index is 0.179. The number of rotatable bonds is 5. The van der Waals surface area contributed by atoms with Gasteiger partial charge in [0.15, 0.2) is 0 Å². The minimum absolute atomic E-state index is 0.179. The summed E-state index contributed by atoms with van der Waals surface area (Å²) in [5, 5.41) is 0.793. The summed E-state index contributed by atoms with van der Waals surface area (Å²) in [5.41, 5.74) is 1.11. The molecule has 2 heteroatoms. The predicted molar refractivity (Wildman–Crippen MR) is 56.5 cm³/mol. The molecule has 66 valence electrons. The number of Topliss-reactive ketones (excluding diaryl/α,β-unsaturated/α-hetero) is 1. The molecule has 0 aromatic carbocycles. The normalized spacial score (nSPS) is 12.0. The second-order valence-electron chi connectivity index (χ2n) is 2.41. The molecule has 0 unspecified atom stereocenters. The van der Waals surface area contributed by atoms with Crippen molar-refractivity contribution >= 4 is 21.7 Å². The van der Waals surface area contributed by atoms with Crippen molar-refractivity contribution in [1.82, 2.24) is 0 Å².